The number of allylic oxidation sites excluding steroid dienone is 8. The van der Waals surface area contributed by atoms with Crippen LogP contribution in [-0.4, -0.2) is 8.07 Å². The van der Waals surface area contributed by atoms with E-state index in [1.165, 1.54) is 18.9 Å². The van der Waals surface area contributed by atoms with Crippen LogP contribution in [0.15, 0.2) is 47.2 Å². The lowest BCUT2D eigenvalue weighted by Crippen LogP contribution is -2.28. The lowest BCUT2D eigenvalue weighted by atomic mass is 10.3. The average Bonchev–Trinajstić information content (AvgIpc) is 2.71. The summed E-state index contributed by atoms with van der Waals surface area (Å²) in [6.07, 6.45) is 16.0. The van der Waals surface area contributed by atoms with Gasteiger partial charge in [-0.1, -0.05) is 60.3 Å². The van der Waals surface area contributed by atoms with Gasteiger partial charge in [-0.3, -0.25) is 0 Å². The van der Waals surface area contributed by atoms with Gasteiger partial charge in [0.25, 0.3) is 0 Å². The second kappa shape index (κ2) is 3.74. The Morgan fingerprint density at radius 1 is 1.07 bits per heavy atom. The van der Waals surface area contributed by atoms with Crippen molar-refractivity contribution in [3.8, 4) is 0 Å². The molecule has 14 heavy (non-hydrogen) atoms. The highest BCUT2D eigenvalue weighted by Gasteiger charge is 2.27. The maximum Gasteiger partial charge on any atom is 0.0798 e. The van der Waals surface area contributed by atoms with Gasteiger partial charge in [-0.05, 0) is 18.9 Å². The molecule has 0 saturated carbocycles. The minimum atomic E-state index is -1.14. The van der Waals surface area contributed by atoms with E-state index in [0.29, 0.717) is 0 Å². The van der Waals surface area contributed by atoms with Gasteiger partial charge in [-0.2, -0.15) is 0 Å². The van der Waals surface area contributed by atoms with Crippen LogP contribution in [0.2, 0.25) is 19.1 Å². The van der Waals surface area contributed by atoms with Crippen LogP contribution in [0, 0.1) is 0 Å². The van der Waals surface area contributed by atoms with Crippen LogP contribution in [0.5, 0.6) is 0 Å². The van der Waals surface area contributed by atoms with Gasteiger partial charge in [0.1, 0.15) is 0 Å². The Morgan fingerprint density at radius 3 is 2.36 bits per heavy atom. The van der Waals surface area contributed by atoms with Crippen LogP contribution >= 0.6 is 0 Å². The van der Waals surface area contributed by atoms with E-state index in [2.05, 4.69) is 49.6 Å². The van der Waals surface area contributed by atoms with E-state index in [1.54, 1.807) is 10.8 Å². The quantitative estimate of drug-likeness (QED) is 0.607. The third kappa shape index (κ3) is 1.98. The normalized spacial score (nSPS) is 20.1. The molecular weight excluding hydrogens is 184 g/mol. The number of hydrogen-bond donors (Lipinski definition) is 0. The van der Waals surface area contributed by atoms with Crippen molar-refractivity contribution in [1.29, 1.82) is 0 Å². The Kier molecular flexibility index (Phi) is 2.59. The Balaban J connectivity index is 2.02. The van der Waals surface area contributed by atoms with Gasteiger partial charge in [0.15, 0.2) is 0 Å². The molecule has 0 aliphatic heterocycles. The molecule has 0 amide bonds. The van der Waals surface area contributed by atoms with Crippen LogP contribution < -0.4 is 0 Å². The minimum absolute atomic E-state index is 1.14. The SMILES string of the molecule is C[Si](C)(CC1=CC=CC1)C1=CC=CC1. The number of hydrogen-bond acceptors (Lipinski definition) is 0. The van der Waals surface area contributed by atoms with Crippen LogP contribution in [0.4, 0.5) is 0 Å². The van der Waals surface area contributed by atoms with Crippen molar-refractivity contribution in [1.82, 2.24) is 0 Å². The molecule has 0 nitrogen and oxygen atoms in total. The first-order valence-corrected chi connectivity index (χ1v) is 8.60. The molecule has 0 saturated heterocycles. The summed E-state index contributed by atoms with van der Waals surface area (Å²) in [5.41, 5.74) is 1.63. The molecule has 2 aliphatic rings. The molecule has 1 heteroatoms. The lowest BCUT2D eigenvalue weighted by Gasteiger charge is -2.24. The molecule has 0 aromatic heterocycles. The molecule has 0 spiro atoms. The summed E-state index contributed by atoms with van der Waals surface area (Å²) in [6.45, 7) is 4.98. The highest BCUT2D eigenvalue weighted by molar-refractivity contribution is 6.84. The van der Waals surface area contributed by atoms with E-state index in [9.17, 15) is 0 Å². The van der Waals surface area contributed by atoms with E-state index in [1.807, 2.05) is 0 Å². The highest BCUT2D eigenvalue weighted by Crippen LogP contribution is 2.31. The summed E-state index contributed by atoms with van der Waals surface area (Å²) in [5, 5.41) is 1.71. The molecule has 0 heterocycles. The molecule has 2 rings (SSSR count). The molecule has 0 aromatic rings. The zero-order valence-electron chi connectivity index (χ0n) is 9.09. The molecule has 0 fully saturated rings. The molecule has 0 atom stereocenters. The molecule has 74 valence electrons. The van der Waals surface area contributed by atoms with Crippen molar-refractivity contribution in [3.63, 3.8) is 0 Å². The van der Waals surface area contributed by atoms with Crippen molar-refractivity contribution in [3.05, 3.63) is 47.2 Å². The van der Waals surface area contributed by atoms with E-state index >= 15 is 0 Å². The van der Waals surface area contributed by atoms with Gasteiger partial charge in [0.2, 0.25) is 0 Å². The second-order valence-corrected chi connectivity index (χ2v) is 9.61. The van der Waals surface area contributed by atoms with Gasteiger partial charge >= 0.3 is 0 Å². The Hall–Kier alpha value is -0.823. The molecule has 0 N–H and O–H groups in total. The van der Waals surface area contributed by atoms with Crippen molar-refractivity contribution in [2.75, 3.05) is 0 Å². The van der Waals surface area contributed by atoms with Gasteiger partial charge in [-0.25, -0.2) is 0 Å². The smallest absolute Gasteiger partial charge is 0.0798 e. The fourth-order valence-corrected chi connectivity index (χ4v) is 5.10. The highest BCUT2D eigenvalue weighted by atomic mass is 28.3. The Labute approximate surface area is 87.7 Å². The third-order valence-electron chi connectivity index (χ3n) is 3.16. The first-order chi connectivity index (χ1) is 6.68. The molecule has 0 radical (unpaired) electrons. The lowest BCUT2D eigenvalue weighted by molar-refractivity contribution is 1.20. The topological polar surface area (TPSA) is 0 Å². The van der Waals surface area contributed by atoms with Crippen LogP contribution in [0.1, 0.15) is 12.8 Å². The van der Waals surface area contributed by atoms with Gasteiger partial charge in [0, 0.05) is 0 Å². The third-order valence-corrected chi connectivity index (χ3v) is 6.60. The zero-order chi connectivity index (χ0) is 10.0. The Bertz CT molecular complexity index is 340. The summed E-state index contributed by atoms with van der Waals surface area (Å²) in [5.74, 6) is 0. The fraction of sp³-hybridized carbons (Fsp3) is 0.385. The molecule has 2 aliphatic carbocycles. The standard InChI is InChI=1S/C13H18Si/c1-14(2,13-9-5-6-10-13)11-12-7-3-4-8-12/h3-7,9H,8,10-11H2,1-2H3. The zero-order valence-corrected chi connectivity index (χ0v) is 10.1. The predicted molar refractivity (Wildman–Crippen MR) is 66.0 cm³/mol. The largest absolute Gasteiger partial charge is 0.0809 e. The predicted octanol–water partition coefficient (Wildman–Crippen LogP) is 4.01. The molecule has 0 bridgehead atoms. The molecular formula is C13H18Si. The first kappa shape index (κ1) is 9.72. The maximum atomic E-state index is 2.49. The maximum absolute atomic E-state index is 2.49. The summed E-state index contributed by atoms with van der Waals surface area (Å²) in [6, 6.07) is 1.34. The van der Waals surface area contributed by atoms with Gasteiger partial charge in [0.05, 0.1) is 8.07 Å². The van der Waals surface area contributed by atoms with Gasteiger partial charge in [-0.15, -0.1) is 0 Å². The van der Waals surface area contributed by atoms with Crippen molar-refractivity contribution < 1.29 is 0 Å². The first-order valence-electron chi connectivity index (χ1n) is 5.39. The summed E-state index contributed by atoms with van der Waals surface area (Å²) in [4.78, 5) is 0. The monoisotopic (exact) mass is 202 g/mol. The number of rotatable bonds is 3. The second-order valence-electron chi connectivity index (χ2n) is 4.84. The molecule has 0 unspecified atom stereocenters. The Morgan fingerprint density at radius 2 is 1.79 bits per heavy atom. The summed E-state index contributed by atoms with van der Waals surface area (Å²) < 4.78 is 0. The van der Waals surface area contributed by atoms with Crippen LogP contribution in [0.25, 0.3) is 0 Å². The van der Waals surface area contributed by atoms with E-state index < -0.39 is 8.07 Å². The van der Waals surface area contributed by atoms with Crippen molar-refractivity contribution >= 4 is 8.07 Å². The van der Waals surface area contributed by atoms with Crippen molar-refractivity contribution in [2.24, 2.45) is 0 Å². The van der Waals surface area contributed by atoms with Crippen LogP contribution in [0.3, 0.4) is 0 Å². The molecule has 0 aromatic carbocycles. The average molecular weight is 202 g/mol. The van der Waals surface area contributed by atoms with E-state index in [0.717, 1.165) is 0 Å². The fourth-order valence-electron chi connectivity index (χ4n) is 2.25. The van der Waals surface area contributed by atoms with Crippen molar-refractivity contribution in [2.45, 2.75) is 32.0 Å². The minimum Gasteiger partial charge on any atom is -0.0809 e. The van der Waals surface area contributed by atoms with Crippen LogP contribution in [-0.2, 0) is 0 Å². The summed E-state index contributed by atoms with van der Waals surface area (Å²) >= 11 is 0. The van der Waals surface area contributed by atoms with E-state index in [-0.39, 0.29) is 0 Å². The summed E-state index contributed by atoms with van der Waals surface area (Å²) in [7, 11) is -1.14. The van der Waals surface area contributed by atoms with E-state index in [4.69, 9.17) is 0 Å². The van der Waals surface area contributed by atoms with Gasteiger partial charge < -0.3 is 0 Å².